The zero-order valence-electron chi connectivity index (χ0n) is 15.1. The highest BCUT2D eigenvalue weighted by Gasteiger charge is 2.44. The van der Waals surface area contributed by atoms with Crippen LogP contribution in [0.15, 0.2) is 48.5 Å². The topological polar surface area (TPSA) is 72.8 Å². The number of aromatic carboxylic acids is 1. The zero-order chi connectivity index (χ0) is 21.6. The summed E-state index contributed by atoms with van der Waals surface area (Å²) in [4.78, 5) is 23.3. The highest BCUT2D eigenvalue weighted by Crippen LogP contribution is 2.35. The fourth-order valence-electron chi connectivity index (χ4n) is 2.39. The lowest BCUT2D eigenvalue weighted by molar-refractivity contribution is -0.253. The van der Waals surface area contributed by atoms with Crippen LogP contribution in [0.1, 0.15) is 21.5 Å². The van der Waals surface area contributed by atoms with Crippen LogP contribution in [0.25, 0.3) is 6.08 Å². The molecule has 5 nitrogen and oxygen atoms in total. The number of hydrogen-bond acceptors (Lipinski definition) is 4. The van der Waals surface area contributed by atoms with Gasteiger partial charge in [0.25, 0.3) is 0 Å². The molecule has 0 aromatic heterocycles. The van der Waals surface area contributed by atoms with Crippen LogP contribution in [0.3, 0.4) is 0 Å². The predicted octanol–water partition coefficient (Wildman–Crippen LogP) is 4.46. The Morgan fingerprint density at radius 2 is 1.83 bits per heavy atom. The first-order valence-electron chi connectivity index (χ1n) is 8.19. The van der Waals surface area contributed by atoms with E-state index in [1.165, 1.54) is 36.4 Å². The molecule has 0 atom stereocenters. The maximum absolute atomic E-state index is 13.2. The van der Waals surface area contributed by atoms with Gasteiger partial charge in [-0.3, -0.25) is 4.79 Å². The van der Waals surface area contributed by atoms with Gasteiger partial charge in [0.1, 0.15) is 0 Å². The lowest BCUT2D eigenvalue weighted by Gasteiger charge is -2.18. The van der Waals surface area contributed by atoms with Crippen molar-refractivity contribution in [1.82, 2.24) is 0 Å². The van der Waals surface area contributed by atoms with Gasteiger partial charge in [0.2, 0.25) is 0 Å². The lowest BCUT2D eigenvalue weighted by Crippen LogP contribution is -2.33. The summed E-state index contributed by atoms with van der Waals surface area (Å²) >= 11 is 0. The number of benzene rings is 2. The van der Waals surface area contributed by atoms with Crippen molar-refractivity contribution in [3.8, 4) is 11.5 Å². The van der Waals surface area contributed by atoms with Gasteiger partial charge in [-0.1, -0.05) is 30.3 Å². The fourth-order valence-corrected chi connectivity index (χ4v) is 2.39. The highest BCUT2D eigenvalue weighted by molar-refractivity contribution is 5.97. The molecule has 0 radical (unpaired) electrons. The summed E-state index contributed by atoms with van der Waals surface area (Å²) in [5.41, 5.74) is 0.513. The van der Waals surface area contributed by atoms with Gasteiger partial charge in [0.15, 0.2) is 17.3 Å². The van der Waals surface area contributed by atoms with Crippen LogP contribution in [0.2, 0.25) is 0 Å². The Bertz CT molecular complexity index is 925. The molecule has 0 spiro atoms. The van der Waals surface area contributed by atoms with Crippen molar-refractivity contribution in [2.75, 3.05) is 7.11 Å². The molecule has 0 saturated carbocycles. The fraction of sp³-hybridized carbons (Fsp3) is 0.200. The number of halogens is 4. The Balaban J connectivity index is 2.19. The molecule has 29 heavy (non-hydrogen) atoms. The first-order valence-corrected chi connectivity index (χ1v) is 8.19. The van der Waals surface area contributed by atoms with E-state index >= 15 is 0 Å². The minimum absolute atomic E-state index is 0.0105. The third-order valence-electron chi connectivity index (χ3n) is 3.76. The second-order valence-electron chi connectivity index (χ2n) is 5.81. The molecular weight excluding hydrogens is 396 g/mol. The maximum atomic E-state index is 13.2. The molecule has 0 aliphatic heterocycles. The summed E-state index contributed by atoms with van der Waals surface area (Å²) in [5, 5.41) is 9.13. The minimum atomic E-state index is -4.72. The first-order chi connectivity index (χ1) is 13.6. The van der Waals surface area contributed by atoms with E-state index in [0.717, 1.165) is 19.3 Å². The van der Waals surface area contributed by atoms with Crippen LogP contribution >= 0.6 is 0 Å². The molecule has 2 rings (SSSR count). The number of ketones is 1. The van der Waals surface area contributed by atoms with Gasteiger partial charge in [-0.15, -0.1) is 0 Å². The van der Waals surface area contributed by atoms with Crippen LogP contribution in [-0.4, -0.2) is 36.5 Å². The summed E-state index contributed by atoms with van der Waals surface area (Å²) in [6.07, 6.45) is -6.57. The van der Waals surface area contributed by atoms with Gasteiger partial charge in [0, 0.05) is 6.42 Å². The van der Waals surface area contributed by atoms with E-state index < -0.39 is 30.0 Å². The summed E-state index contributed by atoms with van der Waals surface area (Å²) < 4.78 is 60.0. The number of rotatable bonds is 9. The number of carbonyl (C=O) groups is 2. The van der Waals surface area contributed by atoms with E-state index in [0.29, 0.717) is 5.56 Å². The molecule has 2 aromatic carbocycles. The van der Waals surface area contributed by atoms with Crippen LogP contribution in [0.4, 0.5) is 17.6 Å². The Morgan fingerprint density at radius 1 is 1.14 bits per heavy atom. The Labute approximate surface area is 163 Å². The number of alkyl halides is 4. The Morgan fingerprint density at radius 3 is 2.45 bits per heavy atom. The molecule has 0 bridgehead atoms. The molecule has 0 aliphatic rings. The molecule has 0 saturated heterocycles. The lowest BCUT2D eigenvalue weighted by atomic mass is 10.0. The third-order valence-corrected chi connectivity index (χ3v) is 3.76. The number of carboxylic acids is 1. The number of allylic oxidation sites excluding steroid dienone is 1. The SMILES string of the molecule is COc1ccc(/C=C/C(=O)Cc2ccccc2C(=O)O)cc1OC(F)(F)C(F)F. The van der Waals surface area contributed by atoms with Gasteiger partial charge < -0.3 is 14.6 Å². The average Bonchev–Trinajstić information content (AvgIpc) is 2.66. The number of carboxylic acid groups (broad SMARTS) is 1. The van der Waals surface area contributed by atoms with Crippen LogP contribution < -0.4 is 9.47 Å². The predicted molar refractivity (Wildman–Crippen MR) is 95.7 cm³/mol. The van der Waals surface area contributed by atoms with Crippen molar-refractivity contribution in [3.05, 3.63) is 65.2 Å². The van der Waals surface area contributed by atoms with Crippen LogP contribution in [-0.2, 0) is 11.2 Å². The van der Waals surface area contributed by atoms with E-state index in [-0.39, 0.29) is 23.3 Å². The first kappa shape index (κ1) is 21.9. The van der Waals surface area contributed by atoms with E-state index in [4.69, 9.17) is 9.84 Å². The van der Waals surface area contributed by atoms with Crippen molar-refractivity contribution in [2.45, 2.75) is 19.0 Å². The van der Waals surface area contributed by atoms with Gasteiger partial charge >= 0.3 is 18.5 Å². The van der Waals surface area contributed by atoms with Crippen molar-refractivity contribution in [3.63, 3.8) is 0 Å². The zero-order valence-corrected chi connectivity index (χ0v) is 15.1. The molecule has 0 heterocycles. The standard InChI is InChI=1S/C20H16F4O5/c1-28-16-9-7-12(10-17(16)29-20(23,24)19(21)22)6-8-14(25)11-13-4-2-3-5-15(13)18(26)27/h2-10,19H,11H2,1H3,(H,26,27)/b8-6+. The molecule has 0 aliphatic carbocycles. The monoisotopic (exact) mass is 412 g/mol. The molecule has 1 N–H and O–H groups in total. The molecule has 0 amide bonds. The Hall–Kier alpha value is -3.36. The third kappa shape index (κ3) is 5.81. The summed E-state index contributed by atoms with van der Waals surface area (Å²) in [6.45, 7) is 0. The van der Waals surface area contributed by atoms with Crippen LogP contribution in [0.5, 0.6) is 11.5 Å². The van der Waals surface area contributed by atoms with Crippen molar-refractivity contribution in [2.24, 2.45) is 0 Å². The van der Waals surface area contributed by atoms with Gasteiger partial charge in [-0.2, -0.15) is 17.6 Å². The van der Waals surface area contributed by atoms with Gasteiger partial charge in [0.05, 0.1) is 12.7 Å². The molecule has 9 heteroatoms. The van der Waals surface area contributed by atoms with E-state index in [1.807, 2.05) is 0 Å². The molecule has 154 valence electrons. The number of methoxy groups -OCH3 is 1. The molecule has 0 fully saturated rings. The van der Waals surface area contributed by atoms with Crippen molar-refractivity contribution < 1.29 is 41.7 Å². The van der Waals surface area contributed by atoms with Crippen LogP contribution in [0, 0.1) is 0 Å². The molecular formula is C20H16F4O5. The maximum Gasteiger partial charge on any atom is 0.461 e. The summed E-state index contributed by atoms with van der Waals surface area (Å²) in [5.74, 6) is -2.43. The van der Waals surface area contributed by atoms with Gasteiger partial charge in [-0.05, 0) is 35.4 Å². The summed E-state index contributed by atoms with van der Waals surface area (Å²) in [7, 11) is 1.15. The van der Waals surface area contributed by atoms with Gasteiger partial charge in [-0.25, -0.2) is 4.79 Å². The molecule has 2 aromatic rings. The highest BCUT2D eigenvalue weighted by atomic mass is 19.3. The second-order valence-corrected chi connectivity index (χ2v) is 5.81. The van der Waals surface area contributed by atoms with Crippen molar-refractivity contribution in [1.29, 1.82) is 0 Å². The number of hydrogen-bond donors (Lipinski definition) is 1. The Kier molecular flexibility index (Phi) is 6.98. The quantitative estimate of drug-likeness (QED) is 0.487. The number of carbonyl (C=O) groups excluding carboxylic acids is 1. The number of ether oxygens (including phenoxy) is 2. The smallest absolute Gasteiger partial charge is 0.461 e. The van der Waals surface area contributed by atoms with Crippen molar-refractivity contribution >= 4 is 17.8 Å². The summed E-state index contributed by atoms with van der Waals surface area (Å²) in [6, 6.07) is 9.63. The normalized spacial score (nSPS) is 11.7. The average molecular weight is 412 g/mol. The van der Waals surface area contributed by atoms with E-state index in [1.54, 1.807) is 6.07 Å². The molecule has 0 unspecified atom stereocenters. The van der Waals surface area contributed by atoms with E-state index in [9.17, 15) is 27.2 Å². The largest absolute Gasteiger partial charge is 0.493 e. The van der Waals surface area contributed by atoms with E-state index in [2.05, 4.69) is 4.74 Å². The second kappa shape index (κ2) is 9.22. The minimum Gasteiger partial charge on any atom is -0.493 e.